The van der Waals surface area contributed by atoms with Gasteiger partial charge in [-0.15, -0.1) is 10.2 Å². The van der Waals surface area contributed by atoms with E-state index >= 15 is 0 Å². The Morgan fingerprint density at radius 3 is 2.57 bits per heavy atom. The number of carbonyl (C=O) groups excluding carboxylic acids is 1. The first kappa shape index (κ1) is 22.4. The van der Waals surface area contributed by atoms with Crippen molar-refractivity contribution in [2.45, 2.75) is 37.0 Å². The Morgan fingerprint density at radius 2 is 1.77 bits per heavy atom. The molecule has 0 atom stereocenters. The van der Waals surface area contributed by atoms with Crippen LogP contribution in [0, 0.1) is 0 Å². The molecule has 35 heavy (non-hydrogen) atoms. The van der Waals surface area contributed by atoms with Gasteiger partial charge in [0, 0.05) is 38.6 Å². The summed E-state index contributed by atoms with van der Waals surface area (Å²) in [6.07, 6.45) is 4.00. The summed E-state index contributed by atoms with van der Waals surface area (Å²) < 4.78 is 7.67. The molecular formula is C27H29N5O2S. The summed E-state index contributed by atoms with van der Waals surface area (Å²) in [5.41, 5.74) is 1.35. The number of hydrogen-bond acceptors (Lipinski definition) is 6. The van der Waals surface area contributed by atoms with E-state index in [0.29, 0.717) is 18.2 Å². The van der Waals surface area contributed by atoms with Gasteiger partial charge in [-0.05, 0) is 41.3 Å². The van der Waals surface area contributed by atoms with Gasteiger partial charge in [0.1, 0.15) is 11.6 Å². The van der Waals surface area contributed by atoms with Crippen LogP contribution in [-0.4, -0.2) is 62.4 Å². The molecule has 1 aliphatic carbocycles. The molecule has 0 N–H and O–H groups in total. The van der Waals surface area contributed by atoms with Crippen molar-refractivity contribution in [1.82, 2.24) is 24.6 Å². The highest BCUT2D eigenvalue weighted by molar-refractivity contribution is 7.99. The smallest absolute Gasteiger partial charge is 0.233 e. The van der Waals surface area contributed by atoms with E-state index < -0.39 is 0 Å². The van der Waals surface area contributed by atoms with Crippen LogP contribution < -0.4 is 0 Å². The molecule has 1 aliphatic heterocycles. The number of piperazine rings is 1. The number of furan rings is 1. The summed E-state index contributed by atoms with van der Waals surface area (Å²) in [6.45, 7) is 4.82. The van der Waals surface area contributed by atoms with Crippen molar-refractivity contribution < 1.29 is 9.21 Å². The van der Waals surface area contributed by atoms with Gasteiger partial charge in [0.05, 0.1) is 18.6 Å². The molecule has 0 bridgehead atoms. The number of nitrogens with zero attached hydrogens (tertiary/aromatic N) is 5. The zero-order valence-corrected chi connectivity index (χ0v) is 20.5. The summed E-state index contributed by atoms with van der Waals surface area (Å²) in [6, 6.07) is 18.9. The third-order valence-electron chi connectivity index (χ3n) is 6.91. The second kappa shape index (κ2) is 9.87. The average Bonchev–Trinajstić information content (AvgIpc) is 3.46. The molecular weight excluding hydrogens is 458 g/mol. The predicted octanol–water partition coefficient (Wildman–Crippen LogP) is 4.39. The van der Waals surface area contributed by atoms with E-state index in [9.17, 15) is 4.79 Å². The molecule has 2 aromatic heterocycles. The monoisotopic (exact) mass is 487 g/mol. The van der Waals surface area contributed by atoms with Crippen LogP contribution in [0.25, 0.3) is 10.8 Å². The molecule has 1 saturated carbocycles. The Morgan fingerprint density at radius 1 is 0.943 bits per heavy atom. The number of aromatic nitrogens is 3. The molecule has 2 fully saturated rings. The average molecular weight is 488 g/mol. The number of rotatable bonds is 8. The molecule has 180 valence electrons. The number of hydrogen-bond donors (Lipinski definition) is 0. The predicted molar refractivity (Wildman–Crippen MR) is 136 cm³/mol. The second-order valence-corrected chi connectivity index (χ2v) is 10.3. The normalized spacial score (nSPS) is 16.7. The lowest BCUT2D eigenvalue weighted by Crippen LogP contribution is -2.48. The van der Waals surface area contributed by atoms with Crippen LogP contribution in [-0.2, 0) is 17.9 Å². The third kappa shape index (κ3) is 4.99. The standard InChI is InChI=1S/C27H29N5O2S/c33-25(19-35-27-29-28-26(21-10-11-21)32(27)18-23-8-4-16-34-23)31-14-12-30(13-15-31)17-22-7-3-6-20-5-1-2-9-24(20)22/h1-9,16,21H,10-15,17-19H2. The Balaban J connectivity index is 1.04. The minimum atomic E-state index is 0.167. The summed E-state index contributed by atoms with van der Waals surface area (Å²) in [5.74, 6) is 2.92. The molecule has 0 radical (unpaired) electrons. The number of benzene rings is 2. The van der Waals surface area contributed by atoms with Crippen molar-refractivity contribution in [3.63, 3.8) is 0 Å². The maximum atomic E-state index is 13.0. The Hall–Kier alpha value is -3.10. The van der Waals surface area contributed by atoms with Gasteiger partial charge in [-0.1, -0.05) is 54.2 Å². The number of fused-ring (bicyclic) bond motifs is 1. The fourth-order valence-electron chi connectivity index (χ4n) is 4.80. The zero-order valence-electron chi connectivity index (χ0n) is 19.7. The summed E-state index contributed by atoms with van der Waals surface area (Å²) in [7, 11) is 0. The molecule has 6 rings (SSSR count). The van der Waals surface area contributed by atoms with Gasteiger partial charge in [0.25, 0.3) is 0 Å². The highest BCUT2D eigenvalue weighted by Crippen LogP contribution is 2.40. The van der Waals surface area contributed by atoms with Crippen molar-refractivity contribution in [1.29, 1.82) is 0 Å². The molecule has 2 aromatic carbocycles. The van der Waals surface area contributed by atoms with E-state index in [2.05, 4.69) is 62.1 Å². The highest BCUT2D eigenvalue weighted by Gasteiger charge is 2.31. The van der Waals surface area contributed by atoms with E-state index in [0.717, 1.165) is 62.3 Å². The van der Waals surface area contributed by atoms with Crippen LogP contribution in [0.15, 0.2) is 70.4 Å². The third-order valence-corrected chi connectivity index (χ3v) is 7.86. The summed E-state index contributed by atoms with van der Waals surface area (Å²) in [5, 5.41) is 12.2. The van der Waals surface area contributed by atoms with Gasteiger partial charge in [-0.25, -0.2) is 0 Å². The van der Waals surface area contributed by atoms with Gasteiger partial charge in [0.2, 0.25) is 5.91 Å². The van der Waals surface area contributed by atoms with Crippen molar-refractivity contribution in [2.24, 2.45) is 0 Å². The van der Waals surface area contributed by atoms with Crippen LogP contribution in [0.4, 0.5) is 0 Å². The molecule has 1 amide bonds. The first-order chi connectivity index (χ1) is 17.2. The second-order valence-electron chi connectivity index (χ2n) is 9.36. The van der Waals surface area contributed by atoms with Crippen LogP contribution in [0.3, 0.4) is 0 Å². The van der Waals surface area contributed by atoms with Crippen molar-refractivity contribution in [3.8, 4) is 0 Å². The molecule has 4 aromatic rings. The maximum absolute atomic E-state index is 13.0. The van der Waals surface area contributed by atoms with Crippen molar-refractivity contribution >= 4 is 28.4 Å². The SMILES string of the molecule is O=C(CSc1nnc(C2CC2)n1Cc1ccco1)N1CCN(Cc2cccc3ccccc23)CC1. The van der Waals surface area contributed by atoms with Gasteiger partial charge in [-0.2, -0.15) is 0 Å². The van der Waals surface area contributed by atoms with E-state index in [1.54, 1.807) is 6.26 Å². The molecule has 7 nitrogen and oxygen atoms in total. The van der Waals surface area contributed by atoms with Crippen LogP contribution in [0.1, 0.15) is 35.9 Å². The lowest BCUT2D eigenvalue weighted by Gasteiger charge is -2.35. The lowest BCUT2D eigenvalue weighted by atomic mass is 10.0. The number of amides is 1. The summed E-state index contributed by atoms with van der Waals surface area (Å²) in [4.78, 5) is 17.4. The molecule has 8 heteroatoms. The minimum absolute atomic E-state index is 0.167. The van der Waals surface area contributed by atoms with Crippen molar-refractivity contribution in [3.05, 3.63) is 78.0 Å². The van der Waals surface area contributed by atoms with E-state index in [4.69, 9.17) is 4.42 Å². The van der Waals surface area contributed by atoms with E-state index in [1.807, 2.05) is 17.0 Å². The van der Waals surface area contributed by atoms with Crippen LogP contribution in [0.5, 0.6) is 0 Å². The van der Waals surface area contributed by atoms with Crippen LogP contribution in [0.2, 0.25) is 0 Å². The fourth-order valence-corrected chi connectivity index (χ4v) is 5.65. The Bertz CT molecular complexity index is 1300. The molecule has 3 heterocycles. The van der Waals surface area contributed by atoms with E-state index in [-0.39, 0.29) is 5.91 Å². The topological polar surface area (TPSA) is 67.4 Å². The molecule has 0 spiro atoms. The summed E-state index contributed by atoms with van der Waals surface area (Å²) >= 11 is 1.48. The van der Waals surface area contributed by atoms with Gasteiger partial charge in [-0.3, -0.25) is 14.3 Å². The van der Waals surface area contributed by atoms with Crippen molar-refractivity contribution in [2.75, 3.05) is 31.9 Å². The first-order valence-corrected chi connectivity index (χ1v) is 13.3. The van der Waals surface area contributed by atoms with Gasteiger partial charge >= 0.3 is 0 Å². The zero-order chi connectivity index (χ0) is 23.6. The molecule has 0 unspecified atom stereocenters. The quantitative estimate of drug-likeness (QED) is 0.344. The van der Waals surface area contributed by atoms with Gasteiger partial charge < -0.3 is 9.32 Å². The van der Waals surface area contributed by atoms with Gasteiger partial charge in [0.15, 0.2) is 5.16 Å². The Labute approximate surface area is 209 Å². The fraction of sp³-hybridized carbons (Fsp3) is 0.370. The number of carbonyl (C=O) groups is 1. The van der Waals surface area contributed by atoms with E-state index in [1.165, 1.54) is 28.1 Å². The maximum Gasteiger partial charge on any atom is 0.233 e. The first-order valence-electron chi connectivity index (χ1n) is 12.3. The van der Waals surface area contributed by atoms with Crippen LogP contribution >= 0.6 is 11.8 Å². The molecule has 2 aliphatic rings. The Kier molecular flexibility index (Phi) is 6.31. The molecule has 1 saturated heterocycles. The highest BCUT2D eigenvalue weighted by atomic mass is 32.2. The lowest BCUT2D eigenvalue weighted by molar-refractivity contribution is -0.130. The largest absolute Gasteiger partial charge is 0.467 e. The number of thioether (sulfide) groups is 1. The minimum Gasteiger partial charge on any atom is -0.467 e.